The van der Waals surface area contributed by atoms with Gasteiger partial charge in [0.05, 0.1) is 11.9 Å². The van der Waals surface area contributed by atoms with Gasteiger partial charge in [-0.1, -0.05) is 41.4 Å². The molecule has 8 heteroatoms. The first-order valence-corrected chi connectivity index (χ1v) is 8.48. The first-order chi connectivity index (χ1) is 12.4. The fourth-order valence-electron chi connectivity index (χ4n) is 2.30. The number of hydrogen-bond donors (Lipinski definition) is 1. The van der Waals surface area contributed by atoms with Crippen LogP contribution < -0.4 is 11.0 Å². The summed E-state index contributed by atoms with van der Waals surface area (Å²) in [5.41, 5.74) is 1.03. The fraction of sp³-hybridized carbons (Fsp3) is 0.111. The molecule has 3 aromatic rings. The lowest BCUT2D eigenvalue weighted by Crippen LogP contribution is -2.34. The molecular formula is C18H14Cl2N4O2. The zero-order valence-electron chi connectivity index (χ0n) is 13.7. The quantitative estimate of drug-likeness (QED) is 0.736. The number of carbonyl (C=O) groups excluding carboxylic acids is 1. The minimum atomic E-state index is -0.840. The minimum Gasteiger partial charge on any atom is -0.324 e. The predicted molar refractivity (Wildman–Crippen MR) is 102 cm³/mol. The third-order valence-corrected chi connectivity index (χ3v) is 4.18. The molecule has 2 aromatic carbocycles. The molecule has 0 saturated carbocycles. The molecule has 1 heterocycles. The van der Waals surface area contributed by atoms with Crippen molar-refractivity contribution in [1.29, 1.82) is 0 Å². The van der Waals surface area contributed by atoms with Crippen LogP contribution in [0.15, 0.2) is 59.5 Å². The Morgan fingerprint density at radius 1 is 1.12 bits per heavy atom. The number of carbonyl (C=O) groups is 1. The summed E-state index contributed by atoms with van der Waals surface area (Å²) in [4.78, 5) is 28.7. The number of nitrogens with one attached hydrogen (secondary N) is 1. The Morgan fingerprint density at radius 2 is 1.85 bits per heavy atom. The maximum atomic E-state index is 12.4. The van der Waals surface area contributed by atoms with Crippen LogP contribution >= 0.6 is 23.2 Å². The Hall–Kier alpha value is -2.70. The number of anilines is 1. The van der Waals surface area contributed by atoms with E-state index in [4.69, 9.17) is 23.2 Å². The van der Waals surface area contributed by atoms with Gasteiger partial charge in [0.25, 0.3) is 0 Å². The van der Waals surface area contributed by atoms with Gasteiger partial charge in [0.15, 0.2) is 0 Å². The van der Waals surface area contributed by atoms with Gasteiger partial charge < -0.3 is 5.32 Å². The third kappa shape index (κ3) is 4.09. The molecule has 132 valence electrons. The summed E-state index contributed by atoms with van der Waals surface area (Å²) in [6, 6.07) is 12.8. The van der Waals surface area contributed by atoms with Gasteiger partial charge in [-0.15, -0.1) is 0 Å². The standard InChI is InChI=1S/C18H14Cl2N4O2/c1-11(17(25)22-15-4-2-3-14(20)9-15)24-18(26)23-16(10-21-24)12-5-7-13(19)8-6-12/h2-11H,1H3,(H,22,25). The van der Waals surface area contributed by atoms with Crippen LogP contribution in [0.3, 0.4) is 0 Å². The SMILES string of the molecule is CC(C(=O)Nc1cccc(Cl)c1)n1ncc(-c2ccc(Cl)cc2)nc1=O. The highest BCUT2D eigenvalue weighted by Gasteiger charge is 2.18. The van der Waals surface area contributed by atoms with Crippen molar-refractivity contribution in [3.8, 4) is 11.3 Å². The second-order valence-corrected chi connectivity index (χ2v) is 6.42. The summed E-state index contributed by atoms with van der Waals surface area (Å²) >= 11 is 11.8. The normalized spacial score (nSPS) is 11.8. The Labute approximate surface area is 159 Å². The number of benzene rings is 2. The van der Waals surface area contributed by atoms with Gasteiger partial charge in [-0.05, 0) is 37.3 Å². The van der Waals surface area contributed by atoms with Crippen molar-refractivity contribution in [3.05, 3.63) is 75.3 Å². The topological polar surface area (TPSA) is 76.9 Å². The van der Waals surface area contributed by atoms with Crippen LogP contribution in [0, 0.1) is 0 Å². The van der Waals surface area contributed by atoms with Gasteiger partial charge in [0, 0.05) is 21.3 Å². The molecule has 0 radical (unpaired) electrons. The molecule has 0 saturated heterocycles. The van der Waals surface area contributed by atoms with Gasteiger partial charge in [-0.2, -0.15) is 10.1 Å². The minimum absolute atomic E-state index is 0.400. The largest absolute Gasteiger partial charge is 0.365 e. The zero-order chi connectivity index (χ0) is 18.7. The van der Waals surface area contributed by atoms with Gasteiger partial charge in [-0.25, -0.2) is 9.48 Å². The van der Waals surface area contributed by atoms with Crippen LogP contribution in [-0.4, -0.2) is 20.7 Å². The van der Waals surface area contributed by atoms with E-state index in [1.165, 1.54) is 6.20 Å². The number of nitrogens with zero attached hydrogens (tertiary/aromatic N) is 3. The Balaban J connectivity index is 1.81. The van der Waals surface area contributed by atoms with Crippen LogP contribution in [0.5, 0.6) is 0 Å². The first-order valence-electron chi connectivity index (χ1n) is 7.72. The van der Waals surface area contributed by atoms with E-state index in [0.717, 1.165) is 4.68 Å². The summed E-state index contributed by atoms with van der Waals surface area (Å²) in [6.45, 7) is 1.57. The molecule has 1 aromatic heterocycles. The molecule has 0 aliphatic rings. The summed E-state index contributed by atoms with van der Waals surface area (Å²) in [5, 5.41) is 7.86. The van der Waals surface area contributed by atoms with Crippen molar-refractivity contribution in [2.75, 3.05) is 5.32 Å². The molecule has 0 bridgehead atoms. The van der Waals surface area contributed by atoms with E-state index in [9.17, 15) is 9.59 Å². The van der Waals surface area contributed by atoms with Crippen molar-refractivity contribution in [2.24, 2.45) is 0 Å². The highest BCUT2D eigenvalue weighted by molar-refractivity contribution is 6.31. The van der Waals surface area contributed by atoms with E-state index in [2.05, 4.69) is 15.4 Å². The fourth-order valence-corrected chi connectivity index (χ4v) is 2.62. The van der Waals surface area contributed by atoms with Crippen molar-refractivity contribution in [1.82, 2.24) is 14.8 Å². The average molecular weight is 389 g/mol. The second-order valence-electron chi connectivity index (χ2n) is 5.55. The van der Waals surface area contributed by atoms with Crippen molar-refractivity contribution in [2.45, 2.75) is 13.0 Å². The molecule has 1 amide bonds. The van der Waals surface area contributed by atoms with Gasteiger partial charge >= 0.3 is 5.69 Å². The third-order valence-electron chi connectivity index (χ3n) is 3.69. The van der Waals surface area contributed by atoms with Gasteiger partial charge in [0.1, 0.15) is 6.04 Å². The molecule has 1 atom stereocenters. The van der Waals surface area contributed by atoms with Crippen LogP contribution in [0.1, 0.15) is 13.0 Å². The maximum Gasteiger partial charge on any atom is 0.365 e. The van der Waals surface area contributed by atoms with Crippen molar-refractivity contribution in [3.63, 3.8) is 0 Å². The Morgan fingerprint density at radius 3 is 2.50 bits per heavy atom. The van der Waals surface area contributed by atoms with E-state index in [1.807, 2.05) is 0 Å². The maximum absolute atomic E-state index is 12.4. The van der Waals surface area contributed by atoms with E-state index in [1.54, 1.807) is 55.5 Å². The molecule has 0 aliphatic heterocycles. The highest BCUT2D eigenvalue weighted by atomic mass is 35.5. The zero-order valence-corrected chi connectivity index (χ0v) is 15.2. The summed E-state index contributed by atoms with van der Waals surface area (Å²) < 4.78 is 1.03. The lowest BCUT2D eigenvalue weighted by Gasteiger charge is -2.14. The number of aromatic nitrogens is 3. The summed E-state index contributed by atoms with van der Waals surface area (Å²) in [6.07, 6.45) is 1.44. The molecule has 1 N–H and O–H groups in total. The molecule has 1 unspecified atom stereocenters. The van der Waals surface area contributed by atoms with Crippen LogP contribution in [0.2, 0.25) is 10.0 Å². The first kappa shape index (κ1) is 18.1. The number of amides is 1. The second kappa shape index (κ2) is 7.68. The predicted octanol–water partition coefficient (Wildman–Crippen LogP) is 3.81. The van der Waals surface area contributed by atoms with E-state index in [-0.39, 0.29) is 0 Å². The highest BCUT2D eigenvalue weighted by Crippen LogP contribution is 2.19. The molecule has 26 heavy (non-hydrogen) atoms. The van der Waals surface area contributed by atoms with Gasteiger partial charge in [-0.3, -0.25) is 4.79 Å². The van der Waals surface area contributed by atoms with Crippen LogP contribution in [0.4, 0.5) is 5.69 Å². The smallest absolute Gasteiger partial charge is 0.324 e. The molecule has 0 aliphatic carbocycles. The Kier molecular flexibility index (Phi) is 5.35. The lowest BCUT2D eigenvalue weighted by molar-refractivity contribution is -0.119. The van der Waals surface area contributed by atoms with E-state index < -0.39 is 17.6 Å². The molecule has 0 spiro atoms. The van der Waals surface area contributed by atoms with E-state index in [0.29, 0.717) is 27.0 Å². The number of rotatable bonds is 4. The Bertz CT molecular complexity index is 1000. The van der Waals surface area contributed by atoms with Crippen LogP contribution in [0.25, 0.3) is 11.3 Å². The number of halogens is 2. The van der Waals surface area contributed by atoms with Crippen LogP contribution in [-0.2, 0) is 4.79 Å². The lowest BCUT2D eigenvalue weighted by atomic mass is 10.2. The molecule has 0 fully saturated rings. The monoisotopic (exact) mass is 388 g/mol. The van der Waals surface area contributed by atoms with Crippen molar-refractivity contribution < 1.29 is 4.79 Å². The van der Waals surface area contributed by atoms with Gasteiger partial charge in [0.2, 0.25) is 5.91 Å². The summed E-state index contributed by atoms with van der Waals surface area (Å²) in [7, 11) is 0. The molecule has 3 rings (SSSR count). The van der Waals surface area contributed by atoms with Crippen molar-refractivity contribution >= 4 is 34.8 Å². The summed E-state index contributed by atoms with van der Waals surface area (Å²) in [5.74, 6) is -0.400. The number of hydrogen-bond acceptors (Lipinski definition) is 4. The van der Waals surface area contributed by atoms with E-state index >= 15 is 0 Å². The molecule has 6 nitrogen and oxygen atoms in total. The average Bonchev–Trinajstić information content (AvgIpc) is 2.61. The molecular weight excluding hydrogens is 375 g/mol.